The number of nitro groups is 1. The normalized spacial score (nSPS) is 16.4. The number of carbonyl (C=O) groups excluding carboxylic acids is 2. The van der Waals surface area contributed by atoms with Gasteiger partial charge in [0.2, 0.25) is 23.8 Å². The molecule has 0 radical (unpaired) electrons. The Morgan fingerprint density at radius 1 is 1.07 bits per heavy atom. The number of carbonyl (C=O) groups is 2. The van der Waals surface area contributed by atoms with E-state index in [0.29, 0.717) is 29.5 Å². The first kappa shape index (κ1) is 25.4. The molecular formula is C29H25N3O8. The Morgan fingerprint density at radius 3 is 2.55 bits per heavy atom. The third-order valence-electron chi connectivity index (χ3n) is 7.16. The molecule has 204 valence electrons. The summed E-state index contributed by atoms with van der Waals surface area (Å²) < 4.78 is 23.1. The predicted molar refractivity (Wildman–Crippen MR) is 144 cm³/mol. The van der Waals surface area contributed by atoms with Crippen LogP contribution in [0.3, 0.4) is 0 Å². The van der Waals surface area contributed by atoms with E-state index in [1.165, 1.54) is 13.0 Å². The second-order valence-electron chi connectivity index (χ2n) is 9.74. The largest absolute Gasteiger partial charge is 0.497 e. The van der Waals surface area contributed by atoms with Gasteiger partial charge in [0.15, 0.2) is 0 Å². The van der Waals surface area contributed by atoms with Crippen LogP contribution in [0.15, 0.2) is 52.0 Å². The number of ether oxygens (including phenoxy) is 3. The third-order valence-corrected chi connectivity index (χ3v) is 7.16. The van der Waals surface area contributed by atoms with E-state index in [2.05, 4.69) is 5.10 Å². The summed E-state index contributed by atoms with van der Waals surface area (Å²) in [6.45, 7) is 2.48. The van der Waals surface area contributed by atoms with E-state index in [9.17, 15) is 19.7 Å². The molecule has 2 aliphatic rings. The van der Waals surface area contributed by atoms with Crippen molar-refractivity contribution < 1.29 is 33.1 Å². The summed E-state index contributed by atoms with van der Waals surface area (Å²) >= 11 is 0. The molecule has 0 spiro atoms. The summed E-state index contributed by atoms with van der Waals surface area (Å²) in [6.07, 6.45) is 1.92. The smallest absolute Gasteiger partial charge is 0.315 e. The Kier molecular flexibility index (Phi) is 6.13. The molecule has 0 bridgehead atoms. The minimum absolute atomic E-state index is 0.142. The van der Waals surface area contributed by atoms with Gasteiger partial charge in [-0.15, -0.1) is 5.10 Å². The number of furan rings is 1. The summed E-state index contributed by atoms with van der Waals surface area (Å²) in [7, 11) is 1.60. The Labute approximate surface area is 228 Å². The summed E-state index contributed by atoms with van der Waals surface area (Å²) in [4.78, 5) is 36.5. The first-order chi connectivity index (χ1) is 19.2. The first-order valence-corrected chi connectivity index (χ1v) is 12.8. The number of methoxy groups -OCH3 is 1. The van der Waals surface area contributed by atoms with Crippen LogP contribution in [0.4, 0.5) is 5.69 Å². The van der Waals surface area contributed by atoms with Crippen LogP contribution < -0.4 is 9.47 Å². The average molecular weight is 544 g/mol. The van der Waals surface area contributed by atoms with Crippen LogP contribution in [0.1, 0.15) is 55.4 Å². The molecule has 11 heteroatoms. The topological polar surface area (TPSA) is 134 Å². The molecular weight excluding hydrogens is 518 g/mol. The van der Waals surface area contributed by atoms with Crippen molar-refractivity contribution in [2.75, 3.05) is 7.11 Å². The zero-order valence-corrected chi connectivity index (χ0v) is 22.1. The van der Waals surface area contributed by atoms with Gasteiger partial charge in [-0.3, -0.25) is 19.7 Å². The van der Waals surface area contributed by atoms with Crippen molar-refractivity contribution in [3.05, 3.63) is 75.0 Å². The first-order valence-electron chi connectivity index (χ1n) is 12.8. The van der Waals surface area contributed by atoms with Gasteiger partial charge in [-0.25, -0.2) is 0 Å². The zero-order valence-electron chi connectivity index (χ0n) is 22.1. The average Bonchev–Trinajstić information content (AvgIpc) is 3.54. The molecule has 0 fully saturated rings. The molecule has 0 saturated heterocycles. The highest BCUT2D eigenvalue weighted by atomic mass is 16.6. The number of aryl methyl sites for hydroxylation is 2. The number of benzene rings is 3. The van der Waals surface area contributed by atoms with Gasteiger partial charge in [0.05, 0.1) is 23.7 Å². The van der Waals surface area contributed by atoms with E-state index in [4.69, 9.17) is 18.6 Å². The van der Waals surface area contributed by atoms with Crippen LogP contribution in [-0.2, 0) is 27.2 Å². The van der Waals surface area contributed by atoms with Gasteiger partial charge in [0, 0.05) is 36.8 Å². The maximum atomic E-state index is 12.9. The Balaban J connectivity index is 1.54. The Bertz CT molecular complexity index is 1760. The second kappa shape index (κ2) is 9.67. The van der Waals surface area contributed by atoms with Gasteiger partial charge < -0.3 is 18.6 Å². The van der Waals surface area contributed by atoms with Crippen LogP contribution in [0.25, 0.3) is 21.7 Å². The maximum Gasteiger partial charge on any atom is 0.315 e. The second-order valence-corrected chi connectivity index (χ2v) is 9.74. The van der Waals surface area contributed by atoms with E-state index in [1.54, 1.807) is 13.2 Å². The maximum absolute atomic E-state index is 12.9. The van der Waals surface area contributed by atoms with Crippen LogP contribution >= 0.6 is 0 Å². The van der Waals surface area contributed by atoms with Gasteiger partial charge in [-0.1, -0.05) is 12.1 Å². The minimum atomic E-state index is -1.24. The highest BCUT2D eigenvalue weighted by molar-refractivity contribution is 6.01. The van der Waals surface area contributed by atoms with Crippen molar-refractivity contribution in [2.24, 2.45) is 5.10 Å². The van der Waals surface area contributed by atoms with E-state index in [0.717, 1.165) is 46.9 Å². The number of hydrogen-bond acceptors (Lipinski definition) is 9. The molecule has 1 aliphatic carbocycles. The lowest BCUT2D eigenvalue weighted by Gasteiger charge is -2.22. The summed E-state index contributed by atoms with van der Waals surface area (Å²) in [5, 5.41) is 20.1. The molecule has 1 aliphatic heterocycles. The van der Waals surface area contributed by atoms with Crippen molar-refractivity contribution >= 4 is 45.2 Å². The van der Waals surface area contributed by atoms with E-state index < -0.39 is 28.7 Å². The quantitative estimate of drug-likeness (QED) is 0.139. The number of nitro benzene ring substituents is 1. The van der Waals surface area contributed by atoms with E-state index in [-0.39, 0.29) is 22.8 Å². The number of nitrogens with zero attached hydrogens (tertiary/aromatic N) is 3. The number of rotatable bonds is 5. The molecule has 0 N–H and O–H groups in total. The van der Waals surface area contributed by atoms with Gasteiger partial charge in [0.1, 0.15) is 17.1 Å². The van der Waals surface area contributed by atoms with Crippen molar-refractivity contribution in [3.63, 3.8) is 0 Å². The Hall–Kier alpha value is -4.93. The fourth-order valence-electron chi connectivity index (χ4n) is 5.40. The van der Waals surface area contributed by atoms with Crippen LogP contribution in [0.5, 0.6) is 11.5 Å². The molecule has 1 aromatic heterocycles. The molecule has 11 nitrogen and oxygen atoms in total. The number of amides is 1. The molecule has 1 amide bonds. The fraction of sp³-hybridized carbons (Fsp3) is 0.276. The zero-order chi connectivity index (χ0) is 28.1. The molecule has 6 rings (SSSR count). The molecule has 1 unspecified atom stereocenters. The predicted octanol–water partition coefficient (Wildman–Crippen LogP) is 5.55. The van der Waals surface area contributed by atoms with Crippen molar-refractivity contribution in [1.82, 2.24) is 5.01 Å². The standard InChI is InChI=1S/C29H25N3O8/c1-15(33)31-29(40-28(30-31)19-9-8-18-13-20(37-3)11-10-17(18)12-19)26-25-21-6-4-5-7-23(21)39-24(25)14-22(32(35)36)27(26)38-16(2)34/h8-14,29H,4-7H2,1-3H3. The van der Waals surface area contributed by atoms with Gasteiger partial charge >= 0.3 is 11.7 Å². The van der Waals surface area contributed by atoms with Crippen molar-refractivity contribution in [1.29, 1.82) is 0 Å². The molecule has 4 aromatic rings. The van der Waals surface area contributed by atoms with E-state index >= 15 is 0 Å². The van der Waals surface area contributed by atoms with E-state index in [1.807, 2.05) is 30.3 Å². The lowest BCUT2D eigenvalue weighted by atomic mass is 9.92. The molecule has 3 aromatic carbocycles. The molecule has 0 saturated carbocycles. The van der Waals surface area contributed by atoms with Crippen LogP contribution in [-0.4, -0.2) is 34.8 Å². The lowest BCUT2D eigenvalue weighted by Crippen LogP contribution is -2.26. The molecule has 1 atom stereocenters. The van der Waals surface area contributed by atoms with Gasteiger partial charge in [-0.2, -0.15) is 5.01 Å². The highest BCUT2D eigenvalue weighted by Gasteiger charge is 2.41. The van der Waals surface area contributed by atoms with Crippen LogP contribution in [0, 0.1) is 10.1 Å². The van der Waals surface area contributed by atoms with Crippen LogP contribution in [0.2, 0.25) is 0 Å². The summed E-state index contributed by atoms with van der Waals surface area (Å²) in [6, 6.07) is 12.4. The number of hydrogen-bond donors (Lipinski definition) is 0. The molecule has 40 heavy (non-hydrogen) atoms. The lowest BCUT2D eigenvalue weighted by molar-refractivity contribution is -0.385. The number of fused-ring (bicyclic) bond motifs is 4. The third kappa shape index (κ3) is 4.19. The number of hydrazone groups is 1. The Morgan fingerprint density at radius 2 is 1.82 bits per heavy atom. The summed E-state index contributed by atoms with van der Waals surface area (Å²) in [5.74, 6) is 0.0703. The minimum Gasteiger partial charge on any atom is -0.497 e. The van der Waals surface area contributed by atoms with Crippen molar-refractivity contribution in [2.45, 2.75) is 45.8 Å². The van der Waals surface area contributed by atoms with Crippen molar-refractivity contribution in [3.8, 4) is 11.5 Å². The van der Waals surface area contributed by atoms with Gasteiger partial charge in [0.25, 0.3) is 0 Å². The summed E-state index contributed by atoms with van der Waals surface area (Å²) in [5.41, 5.74) is 1.41. The monoisotopic (exact) mass is 543 g/mol. The fourth-order valence-corrected chi connectivity index (χ4v) is 5.40. The highest BCUT2D eigenvalue weighted by Crippen LogP contribution is 2.48. The SMILES string of the molecule is COc1ccc2cc(C3=NN(C(C)=O)C(c4c(OC(C)=O)c([N+](=O)[O-])cc5oc6c(c45)CCCC6)O3)ccc2c1. The number of esters is 1. The van der Waals surface area contributed by atoms with Gasteiger partial charge in [-0.05, 0) is 54.3 Å². The molecule has 2 heterocycles.